The zero-order valence-corrected chi connectivity index (χ0v) is 15.2. The van der Waals surface area contributed by atoms with Crippen LogP contribution in [0.1, 0.15) is 28.9 Å². The molecule has 3 aromatic carbocycles. The number of methoxy groups -OCH3 is 1. The standard InChI is InChI=1S/C22H20N2O3/c1-14(16-9-3-4-12-19(16)27-2)23-20(25)13-24-18-11-6-8-15-7-5-10-17(21(15)18)22(24)26/h3-12,14H,13H2,1-2H3,(H,23,25). The molecular formula is C22H20N2O3. The summed E-state index contributed by atoms with van der Waals surface area (Å²) in [6.07, 6.45) is 0. The molecule has 4 rings (SSSR count). The summed E-state index contributed by atoms with van der Waals surface area (Å²) in [6.45, 7) is 1.88. The van der Waals surface area contributed by atoms with Crippen LogP contribution < -0.4 is 15.0 Å². The molecule has 136 valence electrons. The molecule has 0 saturated carbocycles. The Labute approximate surface area is 157 Å². The average Bonchev–Trinajstić information content (AvgIpc) is 2.96. The molecule has 1 unspecified atom stereocenters. The number of amides is 2. The number of anilines is 1. The smallest absolute Gasteiger partial charge is 0.259 e. The predicted octanol–water partition coefficient (Wildman–Crippen LogP) is 3.69. The molecule has 0 fully saturated rings. The van der Waals surface area contributed by atoms with Crippen molar-refractivity contribution in [2.24, 2.45) is 0 Å². The lowest BCUT2D eigenvalue weighted by Gasteiger charge is -2.21. The van der Waals surface area contributed by atoms with Crippen LogP contribution in [-0.2, 0) is 4.79 Å². The summed E-state index contributed by atoms with van der Waals surface area (Å²) in [5.74, 6) is 0.369. The molecule has 0 spiro atoms. The van der Waals surface area contributed by atoms with E-state index in [1.54, 1.807) is 12.0 Å². The normalized spacial score (nSPS) is 13.7. The molecule has 1 aliphatic rings. The minimum absolute atomic E-state index is 0.0217. The first-order valence-electron chi connectivity index (χ1n) is 8.86. The maximum Gasteiger partial charge on any atom is 0.259 e. The molecule has 1 N–H and O–H groups in total. The lowest BCUT2D eigenvalue weighted by molar-refractivity contribution is -0.120. The summed E-state index contributed by atoms with van der Waals surface area (Å²) < 4.78 is 5.36. The van der Waals surface area contributed by atoms with Crippen molar-refractivity contribution in [1.82, 2.24) is 5.32 Å². The Kier molecular flexibility index (Phi) is 4.28. The third kappa shape index (κ3) is 2.91. The van der Waals surface area contributed by atoms with E-state index in [9.17, 15) is 9.59 Å². The van der Waals surface area contributed by atoms with Gasteiger partial charge in [-0.1, -0.05) is 42.5 Å². The molecule has 3 aromatic rings. The fourth-order valence-electron chi connectivity index (χ4n) is 3.67. The highest BCUT2D eigenvalue weighted by Gasteiger charge is 2.31. The molecule has 27 heavy (non-hydrogen) atoms. The van der Waals surface area contributed by atoms with Crippen molar-refractivity contribution in [3.63, 3.8) is 0 Å². The average molecular weight is 360 g/mol. The summed E-state index contributed by atoms with van der Waals surface area (Å²) in [7, 11) is 1.61. The number of rotatable bonds is 5. The van der Waals surface area contributed by atoms with E-state index in [1.165, 1.54) is 0 Å². The third-order valence-corrected chi connectivity index (χ3v) is 4.93. The Morgan fingerprint density at radius 2 is 1.81 bits per heavy atom. The van der Waals surface area contributed by atoms with Gasteiger partial charge in [-0.15, -0.1) is 0 Å². The maximum absolute atomic E-state index is 12.8. The molecule has 0 bridgehead atoms. The minimum Gasteiger partial charge on any atom is -0.496 e. The van der Waals surface area contributed by atoms with Gasteiger partial charge in [-0.2, -0.15) is 0 Å². The molecule has 1 atom stereocenters. The van der Waals surface area contributed by atoms with Gasteiger partial charge < -0.3 is 10.1 Å². The van der Waals surface area contributed by atoms with Crippen molar-refractivity contribution >= 4 is 28.3 Å². The summed E-state index contributed by atoms with van der Waals surface area (Å²) in [4.78, 5) is 27.0. The number of hydrogen-bond acceptors (Lipinski definition) is 3. The first-order chi connectivity index (χ1) is 13.1. The lowest BCUT2D eigenvalue weighted by atomic mass is 10.1. The van der Waals surface area contributed by atoms with Gasteiger partial charge in [0.1, 0.15) is 12.3 Å². The van der Waals surface area contributed by atoms with E-state index >= 15 is 0 Å². The van der Waals surface area contributed by atoms with E-state index in [0.717, 1.165) is 27.8 Å². The Bertz CT molecular complexity index is 1040. The Hall–Kier alpha value is -3.34. The van der Waals surface area contributed by atoms with Crippen molar-refractivity contribution in [1.29, 1.82) is 0 Å². The number of ether oxygens (including phenoxy) is 1. The zero-order valence-electron chi connectivity index (χ0n) is 15.2. The highest BCUT2D eigenvalue weighted by atomic mass is 16.5. The van der Waals surface area contributed by atoms with Crippen LogP contribution in [0.25, 0.3) is 10.8 Å². The van der Waals surface area contributed by atoms with Crippen LogP contribution in [0.5, 0.6) is 5.75 Å². The maximum atomic E-state index is 12.8. The summed E-state index contributed by atoms with van der Waals surface area (Å²) in [5.41, 5.74) is 2.33. The molecule has 5 heteroatoms. The first kappa shape index (κ1) is 17.1. The second-order valence-electron chi connectivity index (χ2n) is 6.60. The number of hydrogen-bond donors (Lipinski definition) is 1. The number of carbonyl (C=O) groups is 2. The predicted molar refractivity (Wildman–Crippen MR) is 105 cm³/mol. The zero-order chi connectivity index (χ0) is 19.0. The topological polar surface area (TPSA) is 58.6 Å². The van der Waals surface area contributed by atoms with Gasteiger partial charge in [0.05, 0.1) is 18.8 Å². The Morgan fingerprint density at radius 1 is 1.07 bits per heavy atom. The van der Waals surface area contributed by atoms with Gasteiger partial charge >= 0.3 is 0 Å². The highest BCUT2D eigenvalue weighted by molar-refractivity contribution is 6.26. The molecule has 1 aliphatic heterocycles. The molecule has 0 saturated heterocycles. The molecule has 2 amide bonds. The summed E-state index contributed by atoms with van der Waals surface area (Å²) in [5, 5.41) is 4.88. The number of carbonyl (C=O) groups excluding carboxylic acids is 2. The van der Waals surface area contributed by atoms with E-state index in [0.29, 0.717) is 5.56 Å². The molecule has 0 radical (unpaired) electrons. The van der Waals surface area contributed by atoms with Gasteiger partial charge in [-0.3, -0.25) is 14.5 Å². The van der Waals surface area contributed by atoms with Crippen LogP contribution in [0.3, 0.4) is 0 Å². The fraction of sp³-hybridized carbons (Fsp3) is 0.182. The number of para-hydroxylation sites is 1. The van der Waals surface area contributed by atoms with Crippen LogP contribution in [0.15, 0.2) is 60.7 Å². The van der Waals surface area contributed by atoms with Crippen molar-refractivity contribution in [3.8, 4) is 5.75 Å². The Balaban J connectivity index is 1.54. The summed E-state index contributed by atoms with van der Waals surface area (Å²) >= 11 is 0. The van der Waals surface area contributed by atoms with Crippen LogP contribution in [0.2, 0.25) is 0 Å². The quantitative estimate of drug-likeness (QED) is 0.755. The largest absolute Gasteiger partial charge is 0.496 e. The second-order valence-corrected chi connectivity index (χ2v) is 6.60. The van der Waals surface area contributed by atoms with E-state index in [-0.39, 0.29) is 24.4 Å². The van der Waals surface area contributed by atoms with Crippen LogP contribution in [0.4, 0.5) is 5.69 Å². The molecular weight excluding hydrogens is 340 g/mol. The van der Waals surface area contributed by atoms with Crippen molar-refractivity contribution < 1.29 is 14.3 Å². The Morgan fingerprint density at radius 3 is 2.59 bits per heavy atom. The number of nitrogens with one attached hydrogen (secondary N) is 1. The van der Waals surface area contributed by atoms with Gasteiger partial charge in [-0.25, -0.2) is 0 Å². The molecule has 0 aliphatic carbocycles. The van der Waals surface area contributed by atoms with Gasteiger partial charge in [0.25, 0.3) is 5.91 Å². The van der Waals surface area contributed by atoms with Gasteiger partial charge in [0.15, 0.2) is 0 Å². The van der Waals surface area contributed by atoms with Crippen molar-refractivity contribution in [2.75, 3.05) is 18.6 Å². The highest BCUT2D eigenvalue weighted by Crippen LogP contribution is 2.37. The third-order valence-electron chi connectivity index (χ3n) is 4.93. The van der Waals surface area contributed by atoms with Gasteiger partial charge in [0.2, 0.25) is 5.91 Å². The monoisotopic (exact) mass is 360 g/mol. The van der Waals surface area contributed by atoms with Crippen molar-refractivity contribution in [2.45, 2.75) is 13.0 Å². The van der Waals surface area contributed by atoms with Crippen LogP contribution in [-0.4, -0.2) is 25.5 Å². The molecule has 0 aromatic heterocycles. The lowest BCUT2D eigenvalue weighted by Crippen LogP contribution is -2.39. The number of nitrogens with zero attached hydrogens (tertiary/aromatic N) is 1. The molecule has 5 nitrogen and oxygen atoms in total. The van der Waals surface area contributed by atoms with Crippen LogP contribution >= 0.6 is 0 Å². The van der Waals surface area contributed by atoms with E-state index in [1.807, 2.05) is 67.6 Å². The van der Waals surface area contributed by atoms with E-state index in [2.05, 4.69) is 5.32 Å². The van der Waals surface area contributed by atoms with Crippen molar-refractivity contribution in [3.05, 3.63) is 71.8 Å². The first-order valence-corrected chi connectivity index (χ1v) is 8.86. The summed E-state index contributed by atoms with van der Waals surface area (Å²) in [6, 6.07) is 18.8. The molecule has 1 heterocycles. The fourth-order valence-corrected chi connectivity index (χ4v) is 3.67. The minimum atomic E-state index is -0.232. The van der Waals surface area contributed by atoms with E-state index < -0.39 is 0 Å². The SMILES string of the molecule is COc1ccccc1C(C)NC(=O)CN1C(=O)c2cccc3cccc1c23. The second kappa shape index (κ2) is 6.76. The van der Waals surface area contributed by atoms with Gasteiger partial charge in [0, 0.05) is 16.5 Å². The van der Waals surface area contributed by atoms with Gasteiger partial charge in [-0.05, 0) is 30.5 Å². The van der Waals surface area contributed by atoms with Crippen LogP contribution in [0, 0.1) is 0 Å². The number of benzene rings is 3. The van der Waals surface area contributed by atoms with E-state index in [4.69, 9.17) is 4.74 Å².